The van der Waals surface area contributed by atoms with Gasteiger partial charge >= 0.3 is 12.1 Å². The third-order valence-electron chi connectivity index (χ3n) is 4.23. The number of amides is 1. The van der Waals surface area contributed by atoms with Gasteiger partial charge in [-0.25, -0.2) is 4.79 Å². The Labute approximate surface area is 136 Å². The highest BCUT2D eigenvalue weighted by molar-refractivity contribution is 5.97. The van der Waals surface area contributed by atoms with Crippen LogP contribution in [-0.4, -0.2) is 34.2 Å². The summed E-state index contributed by atoms with van der Waals surface area (Å²) in [6.45, 7) is 0.0489. The van der Waals surface area contributed by atoms with Gasteiger partial charge in [0.25, 0.3) is 5.91 Å². The molecule has 1 aromatic rings. The molecule has 8 heteroatoms. The standard InChI is InChI=1S/C16H18F3NO4/c17-16(18,19)12-9-10(14(22)23)3-4-11(12)13(21)20-8-7-15(24)5-1-2-6-15/h3-4,9,24H,1-2,5-8H2,(H,20,21)(H,22,23). The van der Waals surface area contributed by atoms with Crippen LogP contribution in [0.15, 0.2) is 18.2 Å². The fraction of sp³-hybridized carbons (Fsp3) is 0.500. The molecule has 24 heavy (non-hydrogen) atoms. The van der Waals surface area contributed by atoms with E-state index >= 15 is 0 Å². The third-order valence-corrected chi connectivity index (χ3v) is 4.23. The molecule has 5 nitrogen and oxygen atoms in total. The highest BCUT2D eigenvalue weighted by Crippen LogP contribution is 2.33. The Kier molecular flexibility index (Phi) is 5.17. The molecule has 1 saturated carbocycles. The quantitative estimate of drug-likeness (QED) is 0.766. The van der Waals surface area contributed by atoms with Gasteiger partial charge in [-0.1, -0.05) is 12.8 Å². The van der Waals surface area contributed by atoms with Crippen LogP contribution in [0.2, 0.25) is 0 Å². The van der Waals surface area contributed by atoms with Crippen LogP contribution in [0.4, 0.5) is 13.2 Å². The van der Waals surface area contributed by atoms with Crippen molar-refractivity contribution in [2.45, 2.75) is 43.9 Å². The summed E-state index contributed by atoms with van der Waals surface area (Å²) in [6, 6.07) is 2.25. The van der Waals surface area contributed by atoms with Crippen LogP contribution in [0.25, 0.3) is 0 Å². The second-order valence-electron chi connectivity index (χ2n) is 6.00. The van der Waals surface area contributed by atoms with Crippen LogP contribution < -0.4 is 5.32 Å². The van der Waals surface area contributed by atoms with Gasteiger partial charge in [0.15, 0.2) is 0 Å². The lowest BCUT2D eigenvalue weighted by atomic mass is 9.98. The Morgan fingerprint density at radius 3 is 2.38 bits per heavy atom. The molecular formula is C16H18F3NO4. The predicted molar refractivity (Wildman–Crippen MR) is 78.8 cm³/mol. The van der Waals surface area contributed by atoms with Crippen molar-refractivity contribution in [1.29, 1.82) is 0 Å². The van der Waals surface area contributed by atoms with Crippen molar-refractivity contribution >= 4 is 11.9 Å². The number of aromatic carboxylic acids is 1. The van der Waals surface area contributed by atoms with E-state index in [2.05, 4.69) is 5.32 Å². The van der Waals surface area contributed by atoms with Crippen molar-refractivity contribution in [3.63, 3.8) is 0 Å². The maximum atomic E-state index is 13.1. The predicted octanol–water partition coefficient (Wildman–Crippen LogP) is 2.83. The number of aliphatic hydroxyl groups is 1. The van der Waals surface area contributed by atoms with Crippen molar-refractivity contribution in [2.75, 3.05) is 6.54 Å². The molecule has 1 aliphatic carbocycles. The first-order valence-corrected chi connectivity index (χ1v) is 7.57. The lowest BCUT2D eigenvalue weighted by Crippen LogP contribution is -2.33. The molecule has 1 aliphatic rings. The molecule has 0 heterocycles. The average Bonchev–Trinajstić information content (AvgIpc) is 2.92. The van der Waals surface area contributed by atoms with E-state index < -0.39 is 40.3 Å². The molecule has 0 spiro atoms. The lowest BCUT2D eigenvalue weighted by molar-refractivity contribution is -0.138. The molecule has 1 aromatic carbocycles. The second-order valence-corrected chi connectivity index (χ2v) is 6.00. The molecule has 1 amide bonds. The number of hydrogen-bond acceptors (Lipinski definition) is 3. The largest absolute Gasteiger partial charge is 0.478 e. The first-order chi connectivity index (χ1) is 11.1. The zero-order valence-electron chi connectivity index (χ0n) is 12.8. The third kappa shape index (κ3) is 4.25. The summed E-state index contributed by atoms with van der Waals surface area (Å²) in [7, 11) is 0. The average molecular weight is 345 g/mol. The van der Waals surface area contributed by atoms with E-state index in [-0.39, 0.29) is 13.0 Å². The van der Waals surface area contributed by atoms with E-state index in [1.165, 1.54) is 0 Å². The molecule has 0 saturated heterocycles. The van der Waals surface area contributed by atoms with Crippen LogP contribution in [0.3, 0.4) is 0 Å². The maximum absolute atomic E-state index is 13.1. The number of alkyl halides is 3. The normalized spacial score (nSPS) is 16.8. The van der Waals surface area contributed by atoms with Crippen molar-refractivity contribution in [1.82, 2.24) is 5.32 Å². The van der Waals surface area contributed by atoms with E-state index in [0.29, 0.717) is 18.9 Å². The topological polar surface area (TPSA) is 86.6 Å². The smallest absolute Gasteiger partial charge is 0.417 e. The fourth-order valence-corrected chi connectivity index (χ4v) is 2.90. The number of nitrogens with one attached hydrogen (secondary N) is 1. The summed E-state index contributed by atoms with van der Waals surface area (Å²) in [5.74, 6) is -2.45. The summed E-state index contributed by atoms with van der Waals surface area (Å²) in [4.78, 5) is 22.9. The van der Waals surface area contributed by atoms with E-state index in [9.17, 15) is 27.9 Å². The Hall–Kier alpha value is -2.09. The lowest BCUT2D eigenvalue weighted by Gasteiger charge is -2.22. The van der Waals surface area contributed by atoms with Crippen molar-refractivity contribution in [3.05, 3.63) is 34.9 Å². The van der Waals surface area contributed by atoms with Gasteiger partial charge in [-0.05, 0) is 37.5 Å². The van der Waals surface area contributed by atoms with Crippen LogP contribution >= 0.6 is 0 Å². The molecule has 132 valence electrons. The minimum Gasteiger partial charge on any atom is -0.478 e. The van der Waals surface area contributed by atoms with Gasteiger partial charge in [0, 0.05) is 6.54 Å². The minimum atomic E-state index is -4.85. The molecule has 3 N–H and O–H groups in total. The van der Waals surface area contributed by atoms with Gasteiger partial charge in [0.2, 0.25) is 0 Å². The summed E-state index contributed by atoms with van der Waals surface area (Å²) >= 11 is 0. The Balaban J connectivity index is 2.12. The highest BCUT2D eigenvalue weighted by Gasteiger charge is 2.36. The summed E-state index contributed by atoms with van der Waals surface area (Å²) in [6.07, 6.45) is -1.57. The van der Waals surface area contributed by atoms with Gasteiger partial charge < -0.3 is 15.5 Å². The number of hydrogen-bond donors (Lipinski definition) is 3. The number of rotatable bonds is 5. The molecule has 0 aromatic heterocycles. The van der Waals surface area contributed by atoms with Gasteiger partial charge in [0.05, 0.1) is 22.3 Å². The zero-order valence-corrected chi connectivity index (χ0v) is 12.8. The van der Waals surface area contributed by atoms with Crippen LogP contribution in [0.5, 0.6) is 0 Å². The Bertz CT molecular complexity index is 637. The molecule has 0 atom stereocenters. The molecule has 2 rings (SSSR count). The van der Waals surface area contributed by atoms with Gasteiger partial charge in [-0.2, -0.15) is 13.2 Å². The van der Waals surface area contributed by atoms with Crippen LogP contribution in [0, 0.1) is 0 Å². The number of benzene rings is 1. The monoisotopic (exact) mass is 345 g/mol. The van der Waals surface area contributed by atoms with Crippen molar-refractivity contribution < 1.29 is 33.0 Å². The first-order valence-electron chi connectivity index (χ1n) is 7.57. The Morgan fingerprint density at radius 1 is 1.21 bits per heavy atom. The number of carboxylic acid groups (broad SMARTS) is 1. The summed E-state index contributed by atoms with van der Waals surface area (Å²) < 4.78 is 39.2. The van der Waals surface area contributed by atoms with Crippen LogP contribution in [0.1, 0.15) is 58.4 Å². The SMILES string of the molecule is O=C(O)c1ccc(C(=O)NCCC2(O)CCCC2)c(C(F)(F)F)c1. The van der Waals surface area contributed by atoms with E-state index in [1.54, 1.807) is 0 Å². The molecule has 1 fully saturated rings. The summed E-state index contributed by atoms with van der Waals surface area (Å²) in [5.41, 5.74) is -3.34. The summed E-state index contributed by atoms with van der Waals surface area (Å²) in [5, 5.41) is 21.3. The molecule has 0 unspecified atom stereocenters. The van der Waals surface area contributed by atoms with E-state index in [0.717, 1.165) is 25.0 Å². The number of halogens is 3. The fourth-order valence-electron chi connectivity index (χ4n) is 2.90. The zero-order chi connectivity index (χ0) is 18.0. The molecular weight excluding hydrogens is 327 g/mol. The number of carbonyl (C=O) groups is 2. The van der Waals surface area contributed by atoms with Gasteiger partial charge in [-0.3, -0.25) is 4.79 Å². The number of carboxylic acids is 1. The van der Waals surface area contributed by atoms with Crippen molar-refractivity contribution in [2.24, 2.45) is 0 Å². The minimum absolute atomic E-state index is 0.0489. The first kappa shape index (κ1) is 18.3. The van der Waals surface area contributed by atoms with Gasteiger partial charge in [0.1, 0.15) is 0 Å². The Morgan fingerprint density at radius 2 is 1.83 bits per heavy atom. The highest BCUT2D eigenvalue weighted by atomic mass is 19.4. The molecule has 0 radical (unpaired) electrons. The van der Waals surface area contributed by atoms with Crippen molar-refractivity contribution in [3.8, 4) is 0 Å². The number of carbonyl (C=O) groups excluding carboxylic acids is 1. The second kappa shape index (κ2) is 6.80. The van der Waals surface area contributed by atoms with E-state index in [1.807, 2.05) is 0 Å². The molecule has 0 aliphatic heterocycles. The van der Waals surface area contributed by atoms with Gasteiger partial charge in [-0.15, -0.1) is 0 Å². The maximum Gasteiger partial charge on any atom is 0.417 e. The van der Waals surface area contributed by atoms with Crippen LogP contribution in [-0.2, 0) is 6.18 Å². The van der Waals surface area contributed by atoms with E-state index in [4.69, 9.17) is 5.11 Å². The molecule has 0 bridgehead atoms.